The number of hydrogen-bond acceptors (Lipinski definition) is 5. The van der Waals surface area contributed by atoms with E-state index in [1.807, 2.05) is 0 Å². The first-order chi connectivity index (χ1) is 14.3. The Balaban J connectivity index is 1.56. The van der Waals surface area contributed by atoms with Crippen molar-refractivity contribution in [3.63, 3.8) is 0 Å². The number of fused-ring (bicyclic) bond motifs is 1. The number of nitrogens with one attached hydrogen (secondary N) is 1. The van der Waals surface area contributed by atoms with Gasteiger partial charge in [0, 0.05) is 23.5 Å². The molecule has 0 bridgehead atoms. The summed E-state index contributed by atoms with van der Waals surface area (Å²) >= 11 is 1.40. The maximum absolute atomic E-state index is 12.8. The fraction of sp³-hybridized carbons (Fsp3) is 0.429. The van der Waals surface area contributed by atoms with Crippen molar-refractivity contribution in [1.29, 1.82) is 0 Å². The third-order valence-corrected chi connectivity index (χ3v) is 8.92. The van der Waals surface area contributed by atoms with E-state index in [2.05, 4.69) is 12.2 Å². The van der Waals surface area contributed by atoms with Crippen molar-refractivity contribution in [2.45, 2.75) is 43.9 Å². The standard InChI is InChI=1S/C21H25N3O4S2/c1-13-4-9-17-16(12-13)18(19(22)25)21(29-17)23-20(26)14-5-7-15(8-6-14)30(27,28)24-10-2-3-11-24/h5-8,13H,2-4,9-12H2,1H3,(H2,22,25)(H,23,26)/t13-/m0/s1. The van der Waals surface area contributed by atoms with Gasteiger partial charge >= 0.3 is 0 Å². The number of amides is 2. The topological polar surface area (TPSA) is 110 Å². The zero-order valence-electron chi connectivity index (χ0n) is 16.8. The van der Waals surface area contributed by atoms with E-state index in [1.54, 1.807) is 0 Å². The van der Waals surface area contributed by atoms with E-state index in [4.69, 9.17) is 5.73 Å². The number of nitrogens with zero attached hydrogens (tertiary/aromatic N) is 1. The molecular formula is C21H25N3O4S2. The van der Waals surface area contributed by atoms with E-state index in [0.717, 1.165) is 42.5 Å². The molecule has 160 valence electrons. The molecule has 2 aliphatic rings. The first-order valence-electron chi connectivity index (χ1n) is 10.1. The summed E-state index contributed by atoms with van der Waals surface area (Å²) in [5.74, 6) is -0.461. The Labute approximate surface area is 180 Å². The first kappa shape index (κ1) is 21.0. The predicted octanol–water partition coefficient (Wildman–Crippen LogP) is 3.01. The van der Waals surface area contributed by atoms with Crippen LogP contribution in [0, 0.1) is 5.92 Å². The Hall–Kier alpha value is -2.23. The second kappa shape index (κ2) is 8.13. The molecule has 7 nitrogen and oxygen atoms in total. The molecule has 1 aliphatic heterocycles. The minimum atomic E-state index is -3.52. The van der Waals surface area contributed by atoms with Gasteiger partial charge in [0.2, 0.25) is 10.0 Å². The molecule has 3 N–H and O–H groups in total. The quantitative estimate of drug-likeness (QED) is 0.734. The highest BCUT2D eigenvalue weighted by molar-refractivity contribution is 7.89. The molecule has 1 atom stereocenters. The summed E-state index contributed by atoms with van der Waals surface area (Å²) in [6.07, 6.45) is 4.44. The van der Waals surface area contributed by atoms with E-state index >= 15 is 0 Å². The average molecular weight is 448 g/mol. The summed E-state index contributed by atoms with van der Waals surface area (Å²) < 4.78 is 26.8. The summed E-state index contributed by atoms with van der Waals surface area (Å²) in [5.41, 5.74) is 7.30. The lowest BCUT2D eigenvalue weighted by molar-refractivity contribution is 0.1000. The molecule has 0 unspecified atom stereocenters. The summed E-state index contributed by atoms with van der Waals surface area (Å²) in [6, 6.07) is 5.91. The number of carbonyl (C=O) groups is 2. The van der Waals surface area contributed by atoms with E-state index in [9.17, 15) is 18.0 Å². The molecule has 2 aromatic rings. The molecule has 2 heterocycles. The summed E-state index contributed by atoms with van der Waals surface area (Å²) in [5, 5.41) is 3.28. The first-order valence-corrected chi connectivity index (χ1v) is 12.4. The molecule has 1 saturated heterocycles. The van der Waals surface area contributed by atoms with Gasteiger partial charge < -0.3 is 11.1 Å². The number of anilines is 1. The molecule has 9 heteroatoms. The zero-order valence-corrected chi connectivity index (χ0v) is 18.4. The number of sulfonamides is 1. The van der Waals surface area contributed by atoms with Crippen LogP contribution in [-0.2, 0) is 22.9 Å². The Bertz CT molecular complexity index is 1080. The van der Waals surface area contributed by atoms with Crippen molar-refractivity contribution < 1.29 is 18.0 Å². The number of thiophene rings is 1. The second-order valence-corrected chi connectivity index (χ2v) is 11.1. The van der Waals surface area contributed by atoms with E-state index < -0.39 is 21.8 Å². The highest BCUT2D eigenvalue weighted by Gasteiger charge is 2.29. The van der Waals surface area contributed by atoms with Crippen LogP contribution in [0.3, 0.4) is 0 Å². The second-order valence-electron chi connectivity index (χ2n) is 8.01. The average Bonchev–Trinajstić information content (AvgIpc) is 3.36. The molecule has 1 aliphatic carbocycles. The van der Waals surface area contributed by atoms with Crippen LogP contribution < -0.4 is 11.1 Å². The van der Waals surface area contributed by atoms with Gasteiger partial charge in [-0.2, -0.15) is 4.31 Å². The number of benzene rings is 1. The van der Waals surface area contributed by atoms with Crippen LogP contribution in [-0.4, -0.2) is 37.6 Å². The predicted molar refractivity (Wildman–Crippen MR) is 116 cm³/mol. The minimum absolute atomic E-state index is 0.180. The largest absolute Gasteiger partial charge is 0.365 e. The molecule has 2 amide bonds. The lowest BCUT2D eigenvalue weighted by Gasteiger charge is -2.18. The van der Waals surface area contributed by atoms with Gasteiger partial charge in [0.15, 0.2) is 0 Å². The van der Waals surface area contributed by atoms with Gasteiger partial charge in [-0.15, -0.1) is 11.3 Å². The van der Waals surface area contributed by atoms with Crippen molar-refractivity contribution in [1.82, 2.24) is 4.31 Å². The highest BCUT2D eigenvalue weighted by Crippen LogP contribution is 2.39. The Morgan fingerprint density at radius 1 is 1.17 bits per heavy atom. The molecule has 0 saturated carbocycles. The molecular weight excluding hydrogens is 422 g/mol. The lowest BCUT2D eigenvalue weighted by atomic mass is 9.87. The SMILES string of the molecule is C[C@H]1CCc2sc(NC(=O)c3ccc(S(=O)(=O)N4CCCC4)cc3)c(C(N)=O)c2C1. The number of aryl methyl sites for hydroxylation is 1. The highest BCUT2D eigenvalue weighted by atomic mass is 32.2. The van der Waals surface area contributed by atoms with Gasteiger partial charge in [-0.25, -0.2) is 8.42 Å². The van der Waals surface area contributed by atoms with Gasteiger partial charge in [-0.3, -0.25) is 9.59 Å². The number of carbonyl (C=O) groups excluding carboxylic acids is 2. The Morgan fingerprint density at radius 3 is 2.47 bits per heavy atom. The monoisotopic (exact) mass is 447 g/mol. The van der Waals surface area contributed by atoms with Crippen LogP contribution >= 0.6 is 11.3 Å². The van der Waals surface area contributed by atoms with Gasteiger partial charge in [-0.05, 0) is 67.9 Å². The fourth-order valence-corrected chi connectivity index (χ4v) is 6.90. The smallest absolute Gasteiger partial charge is 0.256 e. The van der Waals surface area contributed by atoms with E-state index in [0.29, 0.717) is 35.1 Å². The third kappa shape index (κ3) is 3.89. The van der Waals surface area contributed by atoms with Crippen molar-refractivity contribution in [3.8, 4) is 0 Å². The molecule has 0 spiro atoms. The molecule has 4 rings (SSSR count). The Kier molecular flexibility index (Phi) is 5.69. The van der Waals surface area contributed by atoms with Crippen molar-refractivity contribution in [2.75, 3.05) is 18.4 Å². The number of hydrogen-bond donors (Lipinski definition) is 2. The maximum atomic E-state index is 12.8. The normalized spacial score (nSPS) is 19.4. The van der Waals surface area contributed by atoms with Crippen LogP contribution in [0.25, 0.3) is 0 Å². The Morgan fingerprint density at radius 2 is 1.83 bits per heavy atom. The third-order valence-electron chi connectivity index (χ3n) is 5.80. The van der Waals surface area contributed by atoms with Crippen LogP contribution in [0.1, 0.15) is 57.3 Å². The maximum Gasteiger partial charge on any atom is 0.256 e. The van der Waals surface area contributed by atoms with Crippen molar-refractivity contribution in [3.05, 3.63) is 45.8 Å². The minimum Gasteiger partial charge on any atom is -0.365 e. The van der Waals surface area contributed by atoms with Crippen LogP contribution in [0.2, 0.25) is 0 Å². The molecule has 1 fully saturated rings. The van der Waals surface area contributed by atoms with Crippen molar-refractivity contribution in [2.24, 2.45) is 11.7 Å². The summed E-state index contributed by atoms with van der Waals surface area (Å²) in [7, 11) is -3.52. The molecule has 30 heavy (non-hydrogen) atoms. The van der Waals surface area contributed by atoms with Gasteiger partial charge in [-0.1, -0.05) is 6.92 Å². The van der Waals surface area contributed by atoms with E-state index in [1.165, 1.54) is 39.9 Å². The number of nitrogens with two attached hydrogens (primary N) is 1. The number of rotatable bonds is 5. The molecule has 0 radical (unpaired) electrons. The molecule has 1 aromatic heterocycles. The lowest BCUT2D eigenvalue weighted by Crippen LogP contribution is -2.27. The van der Waals surface area contributed by atoms with E-state index in [-0.39, 0.29) is 4.90 Å². The van der Waals surface area contributed by atoms with Crippen LogP contribution in [0.15, 0.2) is 29.2 Å². The summed E-state index contributed by atoms with van der Waals surface area (Å²) in [4.78, 5) is 26.1. The number of primary amides is 1. The van der Waals surface area contributed by atoms with Gasteiger partial charge in [0.05, 0.1) is 10.5 Å². The van der Waals surface area contributed by atoms with Crippen molar-refractivity contribution >= 4 is 38.2 Å². The fourth-order valence-electron chi connectivity index (χ4n) is 4.14. The van der Waals surface area contributed by atoms with Crippen LogP contribution in [0.5, 0.6) is 0 Å². The van der Waals surface area contributed by atoms with Gasteiger partial charge in [0.1, 0.15) is 5.00 Å². The zero-order chi connectivity index (χ0) is 21.5. The molecule has 1 aromatic carbocycles. The summed E-state index contributed by atoms with van der Waals surface area (Å²) in [6.45, 7) is 3.20. The van der Waals surface area contributed by atoms with Gasteiger partial charge in [0.25, 0.3) is 11.8 Å². The van der Waals surface area contributed by atoms with Crippen LogP contribution in [0.4, 0.5) is 5.00 Å².